The molecule has 0 aliphatic rings. The van der Waals surface area contributed by atoms with Gasteiger partial charge in [-0.25, -0.2) is 15.0 Å². The first kappa shape index (κ1) is 24.4. The van der Waals surface area contributed by atoms with Gasteiger partial charge in [-0.05, 0) is 43.2 Å². The molecule has 4 N–H and O–H groups in total. The van der Waals surface area contributed by atoms with Gasteiger partial charge in [-0.2, -0.15) is 5.23 Å². The molecule has 0 aliphatic heterocycles. The fourth-order valence-corrected chi connectivity index (χ4v) is 3.16. The molecule has 0 bridgehead atoms. The van der Waals surface area contributed by atoms with E-state index in [1.165, 1.54) is 12.1 Å². The van der Waals surface area contributed by atoms with Crippen LogP contribution in [0, 0.1) is 19.1 Å². The first-order chi connectivity index (χ1) is 16.0. The van der Waals surface area contributed by atoms with Gasteiger partial charge in [0.25, 0.3) is 17.2 Å². The minimum atomic E-state index is -2.17. The normalized spacial score (nSPS) is 12.6. The number of hydrogen-bond acceptors (Lipinski definition) is 9. The Morgan fingerprint density at radius 2 is 1.79 bits per heavy atom. The van der Waals surface area contributed by atoms with E-state index in [2.05, 4.69) is 20.0 Å². The molecule has 34 heavy (non-hydrogen) atoms. The minimum Gasteiger partial charge on any atom is -0.595 e. The molecule has 0 saturated heterocycles. The van der Waals surface area contributed by atoms with E-state index < -0.39 is 45.8 Å². The Hall–Kier alpha value is -4.26. The second kappa shape index (κ2) is 9.70. The van der Waals surface area contributed by atoms with E-state index in [0.29, 0.717) is 0 Å². The van der Waals surface area contributed by atoms with Gasteiger partial charge in [-0.15, -0.1) is 0 Å². The maximum absolute atomic E-state index is 13.0. The number of aryl methyl sites for hydroxylation is 2. The maximum Gasteiger partial charge on any atom is 0.375 e. The van der Waals surface area contributed by atoms with Gasteiger partial charge in [-0.1, -0.05) is 6.07 Å². The van der Waals surface area contributed by atoms with Gasteiger partial charge in [-0.3, -0.25) is 19.2 Å². The molecule has 2 aromatic carbocycles. The van der Waals surface area contributed by atoms with Crippen LogP contribution in [0.2, 0.25) is 0 Å². The maximum atomic E-state index is 13.0. The number of amides is 1. The summed E-state index contributed by atoms with van der Waals surface area (Å²) in [6.45, 7) is 3.65. The summed E-state index contributed by atoms with van der Waals surface area (Å²) in [5.41, 5.74) is 0.211. The standard InChI is InChI=1S/C22H20N4O8/c1-10-4-5-12(8-11(10)2)23-21(30)18(27)16(19(28)22(31)34-3)17-20(29)25-15-9-13(26(32)33)6-7-14(15)24-17/h4-9,16,26,32H,1-3H3,(H,23,30)(H,25,29). The first-order valence-electron chi connectivity index (χ1n) is 9.85. The molecule has 0 saturated carbocycles. The highest BCUT2D eigenvalue weighted by atomic mass is 16.8. The summed E-state index contributed by atoms with van der Waals surface area (Å²) >= 11 is 0. The number of nitrogens with one attached hydrogen (secondary N) is 3. The van der Waals surface area contributed by atoms with Crippen LogP contribution in [0.1, 0.15) is 22.7 Å². The highest BCUT2D eigenvalue weighted by Gasteiger charge is 2.40. The third-order valence-electron chi connectivity index (χ3n) is 5.14. The number of carbonyl (C=O) groups is 4. The van der Waals surface area contributed by atoms with Gasteiger partial charge in [0.05, 0.1) is 18.1 Å². The number of benzene rings is 2. The van der Waals surface area contributed by atoms with E-state index in [1.54, 1.807) is 25.1 Å². The lowest BCUT2D eigenvalue weighted by Crippen LogP contribution is -2.99. The summed E-state index contributed by atoms with van der Waals surface area (Å²) < 4.78 is 4.38. The molecule has 12 nitrogen and oxygen atoms in total. The second-order valence-corrected chi connectivity index (χ2v) is 7.39. The number of H-pyrrole nitrogens is 1. The van der Waals surface area contributed by atoms with E-state index in [9.17, 15) is 29.2 Å². The van der Waals surface area contributed by atoms with Crippen molar-refractivity contribution in [1.29, 1.82) is 0 Å². The number of methoxy groups -OCH3 is 1. The van der Waals surface area contributed by atoms with Crippen LogP contribution in [0.4, 0.5) is 11.4 Å². The van der Waals surface area contributed by atoms with Gasteiger partial charge in [0, 0.05) is 17.8 Å². The molecule has 0 spiro atoms. The number of carbonyl (C=O) groups excluding carboxylic acids is 4. The molecule has 0 aliphatic carbocycles. The van der Waals surface area contributed by atoms with E-state index in [4.69, 9.17) is 5.21 Å². The van der Waals surface area contributed by atoms with Crippen LogP contribution in [0.25, 0.3) is 11.0 Å². The largest absolute Gasteiger partial charge is 0.595 e. The Bertz CT molecular complexity index is 1380. The number of ketones is 2. The topological polar surface area (TPSA) is 183 Å². The smallest absolute Gasteiger partial charge is 0.375 e. The van der Waals surface area contributed by atoms with Crippen molar-refractivity contribution in [3.05, 3.63) is 68.8 Å². The van der Waals surface area contributed by atoms with Crippen molar-refractivity contribution in [3.8, 4) is 0 Å². The summed E-state index contributed by atoms with van der Waals surface area (Å²) in [5.74, 6) is -7.71. The average Bonchev–Trinajstić information content (AvgIpc) is 2.80. The van der Waals surface area contributed by atoms with E-state index in [1.807, 2.05) is 6.92 Å². The number of anilines is 1. The van der Waals surface area contributed by atoms with Crippen molar-refractivity contribution in [2.75, 3.05) is 12.4 Å². The molecule has 12 heteroatoms. The van der Waals surface area contributed by atoms with Crippen LogP contribution in [-0.2, 0) is 23.9 Å². The average molecular weight is 468 g/mol. The number of rotatable bonds is 7. The summed E-state index contributed by atoms with van der Waals surface area (Å²) in [5, 5.41) is 21.4. The van der Waals surface area contributed by atoms with Crippen molar-refractivity contribution in [1.82, 2.24) is 9.97 Å². The van der Waals surface area contributed by atoms with E-state index >= 15 is 0 Å². The lowest BCUT2D eigenvalue weighted by Gasteiger charge is -2.14. The monoisotopic (exact) mass is 468 g/mol. The van der Waals surface area contributed by atoms with Crippen molar-refractivity contribution < 1.29 is 34.3 Å². The van der Waals surface area contributed by atoms with Gasteiger partial charge in [0.15, 0.2) is 5.69 Å². The second-order valence-electron chi connectivity index (χ2n) is 7.39. The van der Waals surface area contributed by atoms with Gasteiger partial charge >= 0.3 is 5.97 Å². The summed E-state index contributed by atoms with van der Waals surface area (Å²) in [6, 6.07) is 8.46. The molecule has 2 atom stereocenters. The molecule has 3 aromatic rings. The summed E-state index contributed by atoms with van der Waals surface area (Å²) in [7, 11) is 0.905. The SMILES string of the molecule is COC(=O)C(=O)C(C(=O)C(=O)Nc1ccc(C)c(C)c1)c1nc2ccc([NH+]([O-])O)cc2[nH]c1=O. The molecule has 3 rings (SSSR count). The third kappa shape index (κ3) is 4.88. The molecule has 0 radical (unpaired) electrons. The van der Waals surface area contributed by atoms with Crippen LogP contribution in [0.15, 0.2) is 41.2 Å². The van der Waals surface area contributed by atoms with Crippen molar-refractivity contribution in [3.63, 3.8) is 0 Å². The van der Waals surface area contributed by atoms with Crippen LogP contribution >= 0.6 is 0 Å². The number of aromatic amines is 1. The number of hydrogen-bond donors (Lipinski definition) is 4. The van der Waals surface area contributed by atoms with E-state index in [0.717, 1.165) is 24.3 Å². The third-order valence-corrected chi connectivity index (χ3v) is 5.14. The fourth-order valence-electron chi connectivity index (χ4n) is 3.16. The number of aromatic nitrogens is 2. The van der Waals surface area contributed by atoms with Crippen LogP contribution < -0.4 is 16.1 Å². The van der Waals surface area contributed by atoms with Gasteiger partial charge < -0.3 is 20.2 Å². The van der Waals surface area contributed by atoms with E-state index in [-0.39, 0.29) is 22.4 Å². The Morgan fingerprint density at radius 1 is 1.09 bits per heavy atom. The zero-order valence-corrected chi connectivity index (χ0v) is 18.3. The summed E-state index contributed by atoms with van der Waals surface area (Å²) in [6.07, 6.45) is 0. The number of ether oxygens (including phenoxy) is 1. The predicted octanol–water partition coefficient (Wildman–Crippen LogP) is -0.0232. The zero-order chi connectivity index (χ0) is 25.2. The first-order valence-corrected chi connectivity index (χ1v) is 9.85. The molecule has 1 amide bonds. The van der Waals surface area contributed by atoms with Crippen LogP contribution in [-0.4, -0.2) is 45.7 Å². The number of quaternary nitrogens is 1. The highest BCUT2D eigenvalue weighted by Crippen LogP contribution is 2.20. The molecular weight excluding hydrogens is 448 g/mol. The number of Topliss-reactive ketones (excluding diaryl/α,β-unsaturated/α-hetero) is 2. The summed E-state index contributed by atoms with van der Waals surface area (Å²) in [4.78, 5) is 69.2. The Kier molecular flexibility index (Phi) is 6.96. The minimum absolute atomic E-state index is 0.0185. The van der Waals surface area contributed by atoms with Gasteiger partial charge in [0.2, 0.25) is 5.78 Å². The van der Waals surface area contributed by atoms with Crippen molar-refractivity contribution >= 4 is 45.9 Å². The van der Waals surface area contributed by atoms with Crippen molar-refractivity contribution in [2.24, 2.45) is 0 Å². The number of fused-ring (bicyclic) bond motifs is 1. The number of esters is 1. The fraction of sp³-hybridized carbons (Fsp3) is 0.182. The van der Waals surface area contributed by atoms with Crippen LogP contribution in [0.3, 0.4) is 0 Å². The quantitative estimate of drug-likeness (QED) is 0.160. The zero-order valence-electron chi connectivity index (χ0n) is 18.3. The lowest BCUT2D eigenvalue weighted by molar-refractivity contribution is -0.991. The molecule has 0 fully saturated rings. The highest BCUT2D eigenvalue weighted by molar-refractivity contribution is 6.52. The molecule has 176 valence electrons. The lowest BCUT2D eigenvalue weighted by atomic mass is 9.94. The molecule has 2 unspecified atom stereocenters. The Morgan fingerprint density at radius 3 is 2.41 bits per heavy atom. The number of nitrogens with zero attached hydrogens (tertiary/aromatic N) is 1. The molecule has 1 heterocycles. The molecular formula is C22H20N4O8. The Balaban J connectivity index is 2.06. The Labute approximate surface area is 191 Å². The van der Waals surface area contributed by atoms with Crippen molar-refractivity contribution in [2.45, 2.75) is 19.8 Å². The predicted molar refractivity (Wildman–Crippen MR) is 117 cm³/mol. The molecule has 1 aromatic heterocycles. The van der Waals surface area contributed by atoms with Gasteiger partial charge in [0.1, 0.15) is 11.6 Å². The van der Waals surface area contributed by atoms with Crippen LogP contribution in [0.5, 0.6) is 0 Å².